The first-order valence-electron chi connectivity index (χ1n) is 13.6. The molecule has 0 heterocycles. The van der Waals surface area contributed by atoms with Gasteiger partial charge in [-0.25, -0.2) is 12.8 Å². The predicted molar refractivity (Wildman–Crippen MR) is 150 cm³/mol. The van der Waals surface area contributed by atoms with Gasteiger partial charge >= 0.3 is 0 Å². The van der Waals surface area contributed by atoms with E-state index in [0.29, 0.717) is 12.2 Å². The van der Waals surface area contributed by atoms with E-state index < -0.39 is 21.9 Å². The molecule has 1 fully saturated rings. The lowest BCUT2D eigenvalue weighted by atomic mass is 9.95. The number of nitrogens with zero attached hydrogens (tertiary/aromatic N) is 2. The van der Waals surface area contributed by atoms with Crippen molar-refractivity contribution in [3.05, 3.63) is 59.9 Å². The van der Waals surface area contributed by atoms with Crippen molar-refractivity contribution in [3.8, 4) is 5.75 Å². The van der Waals surface area contributed by atoms with Crippen molar-refractivity contribution < 1.29 is 27.1 Å². The highest BCUT2D eigenvalue weighted by Crippen LogP contribution is 2.24. The molecule has 0 spiro atoms. The monoisotopic (exact) mass is 561 g/mol. The molecular weight excluding hydrogens is 521 g/mol. The second kappa shape index (κ2) is 14.3. The van der Waals surface area contributed by atoms with Gasteiger partial charge < -0.3 is 15.0 Å². The first-order chi connectivity index (χ1) is 18.6. The van der Waals surface area contributed by atoms with Crippen LogP contribution in [0.2, 0.25) is 0 Å². The Labute approximate surface area is 231 Å². The van der Waals surface area contributed by atoms with E-state index in [2.05, 4.69) is 5.32 Å². The molecule has 0 aliphatic heterocycles. The molecule has 8 nitrogen and oxygen atoms in total. The SMILES string of the molecule is CC[C@@H](C(=O)NC1CCCCC1)N(Cc1cccc(OC)c1)C(=O)CCCN(c1ccccc1F)S(C)(=O)=O. The molecule has 39 heavy (non-hydrogen) atoms. The standard InChI is InChI=1S/C29H40FN3O5S/c1-4-26(29(35)31-23-13-6-5-7-14-23)32(21-22-12-10-15-24(20-22)38-2)28(34)18-11-19-33(39(3,36)37)27-17-9-8-16-25(27)30/h8-10,12,15-17,20,23,26H,4-7,11,13-14,18-19,21H2,1-3H3,(H,31,35)/t26-/m0/s1. The maximum Gasteiger partial charge on any atom is 0.243 e. The number of halogens is 1. The van der Waals surface area contributed by atoms with Crippen molar-refractivity contribution in [2.24, 2.45) is 0 Å². The van der Waals surface area contributed by atoms with Crippen molar-refractivity contribution >= 4 is 27.5 Å². The van der Waals surface area contributed by atoms with Crippen LogP contribution >= 0.6 is 0 Å². The summed E-state index contributed by atoms with van der Waals surface area (Å²) in [6, 6.07) is 12.4. The summed E-state index contributed by atoms with van der Waals surface area (Å²) in [4.78, 5) is 28.6. The van der Waals surface area contributed by atoms with Crippen molar-refractivity contribution in [2.45, 2.75) is 76.9 Å². The number of ether oxygens (including phenoxy) is 1. The molecule has 2 aromatic carbocycles. The van der Waals surface area contributed by atoms with Crippen molar-refractivity contribution in [1.29, 1.82) is 0 Å². The molecule has 2 aromatic rings. The second-order valence-electron chi connectivity index (χ2n) is 10.0. The minimum Gasteiger partial charge on any atom is -0.497 e. The van der Waals surface area contributed by atoms with Crippen LogP contribution in [0.3, 0.4) is 0 Å². The molecule has 0 unspecified atom stereocenters. The van der Waals surface area contributed by atoms with Crippen molar-refractivity contribution in [2.75, 3.05) is 24.2 Å². The highest BCUT2D eigenvalue weighted by atomic mass is 32.2. The zero-order valence-corrected chi connectivity index (χ0v) is 23.9. The predicted octanol–water partition coefficient (Wildman–Crippen LogP) is 4.64. The van der Waals surface area contributed by atoms with Crippen LogP contribution in [0, 0.1) is 5.82 Å². The molecule has 1 N–H and O–H groups in total. The van der Waals surface area contributed by atoms with Gasteiger partial charge in [-0.3, -0.25) is 13.9 Å². The average molecular weight is 562 g/mol. The van der Waals surface area contributed by atoms with Crippen LogP contribution in [0.1, 0.15) is 63.9 Å². The van der Waals surface area contributed by atoms with Crippen molar-refractivity contribution in [1.82, 2.24) is 10.2 Å². The molecule has 0 bridgehead atoms. The molecule has 0 saturated heterocycles. The molecule has 1 aliphatic carbocycles. The molecular formula is C29H40FN3O5S. The van der Waals surface area contributed by atoms with Gasteiger partial charge in [-0.2, -0.15) is 0 Å². The van der Waals surface area contributed by atoms with Crippen LogP contribution in [-0.2, 0) is 26.2 Å². The Morgan fingerprint density at radius 3 is 2.46 bits per heavy atom. The number of hydrogen-bond acceptors (Lipinski definition) is 5. The van der Waals surface area contributed by atoms with Crippen LogP contribution < -0.4 is 14.4 Å². The van der Waals surface area contributed by atoms with E-state index in [0.717, 1.165) is 41.8 Å². The number of nitrogens with one attached hydrogen (secondary N) is 1. The summed E-state index contributed by atoms with van der Waals surface area (Å²) in [5, 5.41) is 3.15. The maximum absolute atomic E-state index is 14.4. The van der Waals surface area contributed by atoms with E-state index in [1.807, 2.05) is 31.2 Å². The Balaban J connectivity index is 1.78. The summed E-state index contributed by atoms with van der Waals surface area (Å²) < 4.78 is 45.6. The second-order valence-corrected chi connectivity index (χ2v) is 11.9. The first-order valence-corrected chi connectivity index (χ1v) is 15.4. The fourth-order valence-electron chi connectivity index (χ4n) is 5.07. The van der Waals surface area contributed by atoms with Crippen molar-refractivity contribution in [3.63, 3.8) is 0 Å². The number of sulfonamides is 1. The minimum atomic E-state index is -3.78. The lowest BCUT2D eigenvalue weighted by molar-refractivity contribution is -0.141. The molecule has 0 radical (unpaired) electrons. The summed E-state index contributed by atoms with van der Waals surface area (Å²) in [6.45, 7) is 2.01. The molecule has 1 aliphatic rings. The van der Waals surface area contributed by atoms with Gasteiger partial charge in [0.05, 0.1) is 19.1 Å². The number of hydrogen-bond donors (Lipinski definition) is 1. The van der Waals surface area contributed by atoms with Gasteiger partial charge in [0.1, 0.15) is 17.6 Å². The zero-order valence-electron chi connectivity index (χ0n) is 23.1. The third-order valence-electron chi connectivity index (χ3n) is 7.10. The summed E-state index contributed by atoms with van der Waals surface area (Å²) >= 11 is 0. The van der Waals surface area contributed by atoms with Gasteiger partial charge in [-0.05, 0) is 55.5 Å². The highest BCUT2D eigenvalue weighted by Gasteiger charge is 2.30. The Hall–Kier alpha value is -3.14. The number of amides is 2. The van der Waals surface area contributed by atoms with E-state index in [9.17, 15) is 22.4 Å². The van der Waals surface area contributed by atoms with Gasteiger partial charge in [0.2, 0.25) is 21.8 Å². The number of carbonyl (C=O) groups excluding carboxylic acids is 2. The van der Waals surface area contributed by atoms with E-state index in [1.165, 1.54) is 24.6 Å². The normalized spacial score (nSPS) is 14.9. The smallest absolute Gasteiger partial charge is 0.243 e. The number of carbonyl (C=O) groups is 2. The lowest BCUT2D eigenvalue weighted by Gasteiger charge is -2.33. The van der Waals surface area contributed by atoms with E-state index >= 15 is 0 Å². The van der Waals surface area contributed by atoms with E-state index in [4.69, 9.17) is 4.74 Å². The first kappa shape index (κ1) is 30.4. The number of benzene rings is 2. The Morgan fingerprint density at radius 2 is 1.82 bits per heavy atom. The molecule has 1 atom stereocenters. The van der Waals surface area contributed by atoms with Gasteiger partial charge in [-0.15, -0.1) is 0 Å². The molecule has 2 amide bonds. The average Bonchev–Trinajstić information content (AvgIpc) is 2.91. The van der Waals surface area contributed by atoms with Crippen LogP contribution in [0.4, 0.5) is 10.1 Å². The van der Waals surface area contributed by atoms with Gasteiger partial charge in [0.25, 0.3) is 0 Å². The fourth-order valence-corrected chi connectivity index (χ4v) is 6.03. The molecule has 10 heteroatoms. The van der Waals surface area contributed by atoms with Gasteiger partial charge in [0, 0.05) is 25.6 Å². The van der Waals surface area contributed by atoms with Crippen LogP contribution in [0.15, 0.2) is 48.5 Å². The minimum absolute atomic E-state index is 0.00233. The number of rotatable bonds is 13. The number of anilines is 1. The molecule has 3 rings (SSSR count). The van der Waals surface area contributed by atoms with Gasteiger partial charge in [0.15, 0.2) is 0 Å². The largest absolute Gasteiger partial charge is 0.497 e. The molecule has 1 saturated carbocycles. The summed E-state index contributed by atoms with van der Waals surface area (Å²) in [6.07, 6.45) is 6.79. The third kappa shape index (κ3) is 8.68. The maximum atomic E-state index is 14.4. The van der Waals surface area contributed by atoms with Crippen LogP contribution in [-0.4, -0.2) is 57.1 Å². The summed E-state index contributed by atoms with van der Waals surface area (Å²) in [7, 11) is -2.21. The fraction of sp³-hybridized carbons (Fsp3) is 0.517. The Kier molecular flexibility index (Phi) is 11.2. The van der Waals surface area contributed by atoms with Gasteiger partial charge in [-0.1, -0.05) is 50.5 Å². The summed E-state index contributed by atoms with van der Waals surface area (Å²) in [5.41, 5.74) is 0.759. The Morgan fingerprint density at radius 1 is 1.10 bits per heavy atom. The number of methoxy groups -OCH3 is 1. The van der Waals surface area contributed by atoms with Crippen LogP contribution in [0.5, 0.6) is 5.75 Å². The third-order valence-corrected chi connectivity index (χ3v) is 8.28. The van der Waals surface area contributed by atoms with E-state index in [1.54, 1.807) is 18.1 Å². The lowest BCUT2D eigenvalue weighted by Crippen LogP contribution is -2.51. The topological polar surface area (TPSA) is 96.0 Å². The molecule has 0 aromatic heterocycles. The zero-order chi connectivity index (χ0) is 28.4. The Bertz CT molecular complexity index is 1220. The number of para-hydroxylation sites is 1. The van der Waals surface area contributed by atoms with E-state index in [-0.39, 0.29) is 49.5 Å². The highest BCUT2D eigenvalue weighted by molar-refractivity contribution is 7.92. The molecule has 214 valence electrons. The van der Waals surface area contributed by atoms with Crippen LogP contribution in [0.25, 0.3) is 0 Å². The summed E-state index contributed by atoms with van der Waals surface area (Å²) in [5.74, 6) is -0.456. The quantitative estimate of drug-likeness (QED) is 0.385.